The number of nitrogens with two attached hydrogens (primary N) is 3. The van der Waals surface area contributed by atoms with Crippen LogP contribution in [0.2, 0.25) is 0 Å². The van der Waals surface area contributed by atoms with Crippen molar-refractivity contribution in [1.29, 1.82) is 16.2 Å². The molecule has 3 aliphatic heterocycles. The molecule has 21 atom stereocenters. The summed E-state index contributed by atoms with van der Waals surface area (Å²) in [5, 5.41) is 147. The van der Waals surface area contributed by atoms with Crippen molar-refractivity contribution in [2.75, 3.05) is 90.4 Å². The number of carboxylic acid groups (broad SMARTS) is 1. The maximum Gasteiger partial charge on any atom is 0.326 e. The lowest BCUT2D eigenvalue weighted by Gasteiger charge is -2.31. The zero-order chi connectivity index (χ0) is 112. The average Bonchev–Trinajstić information content (AvgIpc) is 1.70. The molecule has 3 saturated heterocycles. The van der Waals surface area contributed by atoms with Gasteiger partial charge < -0.3 is 174 Å². The van der Waals surface area contributed by atoms with Gasteiger partial charge in [-0.25, -0.2) is 4.79 Å². The number of phenolic OH excluding ortho intramolecular Hbond substituents is 1. The van der Waals surface area contributed by atoms with Crippen molar-refractivity contribution in [3.05, 3.63) is 29.8 Å². The molecule has 0 saturated carbocycles. The number of guanidine groups is 3. The molecule has 0 aromatic heterocycles. The van der Waals surface area contributed by atoms with Crippen LogP contribution in [0.25, 0.3) is 0 Å². The van der Waals surface area contributed by atoms with Crippen LogP contribution in [0.1, 0.15) is 164 Å². The average molecular weight is 2150 g/mol. The number of hydrogen-bond acceptors (Lipinski definition) is 32. The van der Waals surface area contributed by atoms with Gasteiger partial charge in [0, 0.05) is 50.7 Å². The van der Waals surface area contributed by atoms with E-state index >= 15 is 0 Å². The predicted molar refractivity (Wildman–Crippen MR) is 543 cm³/mol. The molecule has 3 fully saturated rings. The van der Waals surface area contributed by atoms with Crippen molar-refractivity contribution in [3.8, 4) is 5.75 Å². The largest absolute Gasteiger partial charge is 0.508 e. The van der Waals surface area contributed by atoms with E-state index in [4.69, 9.17) is 33.4 Å². The summed E-state index contributed by atoms with van der Waals surface area (Å²) in [5.41, 5.74) is 17.1. The topological polar surface area (TPSA) is 892 Å². The van der Waals surface area contributed by atoms with E-state index in [9.17, 15) is 132 Å². The second-order valence-corrected chi connectivity index (χ2v) is 38.0. The number of rotatable bonds is 65. The quantitative estimate of drug-likeness (QED) is 0.0125. The maximum atomic E-state index is 15.0. The van der Waals surface area contributed by atoms with Crippen LogP contribution in [0.4, 0.5) is 0 Å². The maximum absolute atomic E-state index is 15.0. The van der Waals surface area contributed by atoms with E-state index in [-0.39, 0.29) is 121 Å². The van der Waals surface area contributed by atoms with E-state index in [2.05, 4.69) is 137 Å². The Bertz CT molecular complexity index is 4740. The molecule has 19 amide bonds. The number of carbonyl (C=O) groups excluding carboxylic acids is 19. The minimum atomic E-state index is -1.89. The second kappa shape index (κ2) is 65.5. The lowest BCUT2D eigenvalue weighted by molar-refractivity contribution is -0.146. The highest BCUT2D eigenvalue weighted by molar-refractivity contribution is 7.80. The molecule has 1 aromatic rings. The van der Waals surface area contributed by atoms with Crippen LogP contribution < -0.4 is 129 Å². The fourth-order valence-corrected chi connectivity index (χ4v) is 16.5. The zero-order valence-corrected chi connectivity index (χ0v) is 86.9. The smallest absolute Gasteiger partial charge is 0.326 e. The SMILES string of the molecule is CC[C@H](C)[C@H](NC(=O)[C@@H]1CCCN1C(=O)[C@H](Cc1ccc(O)cc1)NC(=O)[C@H](CCCNC(=N)N)NC(=O)[C@H](CCCNC(=N)N)NC(=O)[C@H](CCCNC(=N)N)NC(=O)[C@@H](NC(=O)[C@H](CS)NC(=O)[C@H](CO)NC(=O)[C@H](CC(C)C)NC(=O)[C@H](CO)NC(=O)CNC(=O)[C@@H]1CCCN1C(=O)[C@H](CO)NC(=O)[C@H](C)NC(=O)[C@H](CO)NC(=O)[C@H](CO)NC(=O)[C@@H](NC(=O)[C@H](CS)NC(=O)[C@@H]1CCCN1)C(C)C)[C@@H](C)CC)C(=O)O. The van der Waals surface area contributed by atoms with Gasteiger partial charge >= 0.3 is 5.97 Å². The molecule has 0 unspecified atom stereocenters. The van der Waals surface area contributed by atoms with Gasteiger partial charge in [-0.1, -0.05) is 80.4 Å². The summed E-state index contributed by atoms with van der Waals surface area (Å²) in [4.78, 5) is 280. The second-order valence-electron chi connectivity index (χ2n) is 37.3. The highest BCUT2D eigenvalue weighted by Gasteiger charge is 2.45. The number of likely N-dealkylation sites (tertiary alicyclic amines) is 2. The van der Waals surface area contributed by atoms with Crippen LogP contribution >= 0.6 is 25.3 Å². The monoisotopic (exact) mass is 2150 g/mol. The lowest BCUT2D eigenvalue weighted by atomic mass is 9.97. The van der Waals surface area contributed by atoms with Gasteiger partial charge in [-0.05, 0) is 138 Å². The highest BCUT2D eigenvalue weighted by atomic mass is 32.1. The van der Waals surface area contributed by atoms with Gasteiger partial charge in [-0.15, -0.1) is 0 Å². The molecule has 3 heterocycles. The summed E-state index contributed by atoms with van der Waals surface area (Å²) in [6.07, 6.45) is 1.31. The number of carboxylic acids is 1. The number of hydrogen-bond donors (Lipinski definition) is 36. The molecular weight excluding hydrogens is 2000 g/mol. The third-order valence-corrected chi connectivity index (χ3v) is 25.7. The van der Waals surface area contributed by atoms with Crippen molar-refractivity contribution < 1.29 is 132 Å². The number of carbonyl (C=O) groups is 20. The van der Waals surface area contributed by atoms with Gasteiger partial charge in [0.2, 0.25) is 112 Å². The Morgan fingerprint density at radius 2 is 0.758 bits per heavy atom. The van der Waals surface area contributed by atoms with Gasteiger partial charge in [0.1, 0.15) is 115 Å². The third kappa shape index (κ3) is 42.7. The minimum absolute atomic E-state index is 0.00173. The molecule has 0 bridgehead atoms. The number of thiol groups is 2. The molecular formula is C91H153N29O27S2. The molecule has 3 aliphatic rings. The van der Waals surface area contributed by atoms with E-state index in [1.165, 1.54) is 29.2 Å². The molecule has 0 radical (unpaired) electrons. The summed E-state index contributed by atoms with van der Waals surface area (Å²) in [6.45, 7) is 8.13. The van der Waals surface area contributed by atoms with Crippen LogP contribution in [-0.4, -0.2) is 387 Å². The number of amides is 19. The molecule has 56 nitrogen and oxygen atoms in total. The fraction of sp³-hybridized carbons (Fsp3) is 0.681. The summed E-state index contributed by atoms with van der Waals surface area (Å²) in [6, 6.07) is -22.9. The van der Waals surface area contributed by atoms with E-state index < -0.39 is 320 Å². The third-order valence-electron chi connectivity index (χ3n) is 24.9. The van der Waals surface area contributed by atoms with Crippen molar-refractivity contribution in [2.45, 2.75) is 280 Å². The van der Waals surface area contributed by atoms with Gasteiger partial charge in [-0.3, -0.25) is 107 Å². The summed E-state index contributed by atoms with van der Waals surface area (Å²) in [7, 11) is 0. The molecule has 836 valence electrons. The Labute approximate surface area is 873 Å². The molecule has 1 aromatic carbocycles. The molecule has 37 N–H and O–H groups in total. The highest BCUT2D eigenvalue weighted by Crippen LogP contribution is 2.25. The standard InChI is InChI=1S/C91H153N29O27S2/c1-10-46(7)68(85(143)107-54(21-15-31-101-91(96)97)73(131)105-52(19-13-29-99-89(92)93)72(130)106-53(20-14-30-100-90(94)95)74(132)109-56(35-49-24-26-50(126)27-25-49)86(144)120-33-17-23-65(120)83(141)118-69(88(146)147)47(8)11-2)117-81(139)63(43-149)115-79(137)59(39-123)110-75(133)55(34-44(3)4)108-77(135)57(37-121)104-66(127)36-102-82(140)64-22-16-32-119(64)87(145)61(41-125)113-70(128)48(9)103-76(134)58(38-122)111-78(136)60(40-124)112-84(142)67(45(5)6)116-80(138)62(42-148)114-71(129)51-18-12-28-98-51/h24-27,44-48,51-65,67-69,98,121-126,148-149H,10-23,28-43H2,1-9H3,(H,102,140)(H,103,134)(H,104,127)(H,105,131)(H,106,130)(H,107,143)(H,108,135)(H,109,132)(H,110,133)(H,111,136)(H,112,142)(H,113,128)(H,114,129)(H,115,137)(H,116,138)(H,117,139)(H,118,141)(H,146,147)(H4,92,93,99)(H4,94,95,100)(H4,96,97,101)/t46-,47-,48-,51-,52-,53-,54-,55-,56-,57-,58-,59-,60-,61-,62-,63-,64-,65-,67-,68-,69-/m0/s1. The van der Waals surface area contributed by atoms with Crippen molar-refractivity contribution in [3.63, 3.8) is 0 Å². The normalized spacial score (nSPS) is 17.9. The Balaban J connectivity index is 1.45. The number of benzene rings is 1. The Morgan fingerprint density at radius 3 is 1.18 bits per heavy atom. The molecule has 0 aliphatic carbocycles. The summed E-state index contributed by atoms with van der Waals surface area (Å²) >= 11 is 8.44. The number of aliphatic hydroxyl groups excluding tert-OH is 5. The number of phenols is 1. The number of nitrogens with zero attached hydrogens (tertiary/aromatic N) is 2. The molecule has 0 spiro atoms. The van der Waals surface area contributed by atoms with Crippen molar-refractivity contribution in [1.82, 2.24) is 121 Å². The first-order valence-corrected chi connectivity index (χ1v) is 50.7. The number of aromatic hydroxyl groups is 1. The van der Waals surface area contributed by atoms with Crippen LogP contribution in [0.5, 0.6) is 5.75 Å². The zero-order valence-electron chi connectivity index (χ0n) is 85.1. The summed E-state index contributed by atoms with van der Waals surface area (Å²) < 4.78 is 0. The Hall–Kier alpha value is -13.3. The summed E-state index contributed by atoms with van der Waals surface area (Å²) in [5.74, 6) is -24.5. The van der Waals surface area contributed by atoms with Crippen molar-refractivity contribution >= 4 is 161 Å². The molecule has 149 heavy (non-hydrogen) atoms. The lowest BCUT2D eigenvalue weighted by Crippen LogP contribution is -2.62. The van der Waals surface area contributed by atoms with Crippen LogP contribution in [0, 0.1) is 39.9 Å². The molecule has 4 rings (SSSR count). The Kier molecular flexibility index (Phi) is 56.3. The number of aliphatic hydroxyl groups is 5. The van der Waals surface area contributed by atoms with Gasteiger partial charge in [0.25, 0.3) is 0 Å². The van der Waals surface area contributed by atoms with E-state index in [1.54, 1.807) is 55.4 Å². The van der Waals surface area contributed by atoms with E-state index in [0.717, 1.165) is 18.2 Å². The van der Waals surface area contributed by atoms with Gasteiger partial charge in [0.15, 0.2) is 17.9 Å². The van der Waals surface area contributed by atoms with E-state index in [1.807, 2.05) is 0 Å². The first kappa shape index (κ1) is 128. The van der Waals surface area contributed by atoms with Gasteiger partial charge in [0.05, 0.1) is 45.6 Å². The minimum Gasteiger partial charge on any atom is -0.508 e. The fourth-order valence-electron chi connectivity index (χ4n) is 16.0. The van der Waals surface area contributed by atoms with Crippen LogP contribution in [0.3, 0.4) is 0 Å². The predicted octanol–water partition coefficient (Wildman–Crippen LogP) is -11.9. The van der Waals surface area contributed by atoms with Gasteiger partial charge in [-0.2, -0.15) is 25.3 Å². The van der Waals surface area contributed by atoms with Crippen LogP contribution in [-0.2, 0) is 102 Å². The van der Waals surface area contributed by atoms with Crippen LogP contribution in [0.15, 0.2) is 24.3 Å². The Morgan fingerprint density at radius 1 is 0.396 bits per heavy atom. The van der Waals surface area contributed by atoms with E-state index in [0.29, 0.717) is 31.4 Å². The van der Waals surface area contributed by atoms with Crippen molar-refractivity contribution in [2.24, 2.45) is 40.9 Å². The first-order chi connectivity index (χ1) is 70.5. The first-order valence-electron chi connectivity index (χ1n) is 49.4. The number of aliphatic carboxylic acids is 1. The number of nitrogens with one attached hydrogen (secondary N) is 24. The molecule has 58 heteroatoms.